The van der Waals surface area contributed by atoms with E-state index >= 15 is 0 Å². The second kappa shape index (κ2) is 7.68. The second-order valence-corrected chi connectivity index (χ2v) is 6.29. The zero-order valence-electron chi connectivity index (χ0n) is 14.8. The van der Waals surface area contributed by atoms with Crippen molar-refractivity contribution in [3.63, 3.8) is 0 Å². The first-order valence-electron chi connectivity index (χ1n) is 8.51. The molecule has 0 saturated carbocycles. The van der Waals surface area contributed by atoms with Gasteiger partial charge in [0.05, 0.1) is 17.6 Å². The van der Waals surface area contributed by atoms with Crippen LogP contribution in [0.3, 0.4) is 0 Å². The van der Waals surface area contributed by atoms with E-state index in [-0.39, 0.29) is 18.9 Å². The molecule has 0 aliphatic heterocycles. The van der Waals surface area contributed by atoms with E-state index in [1.807, 2.05) is 28.8 Å². The third-order valence-electron chi connectivity index (χ3n) is 4.15. The molecule has 1 aromatic heterocycles. The van der Waals surface area contributed by atoms with E-state index in [9.17, 15) is 15.0 Å². The van der Waals surface area contributed by atoms with Gasteiger partial charge >= 0.3 is 0 Å². The topological polar surface area (TPSA) is 84.6 Å². The Bertz CT molecular complexity index is 900. The summed E-state index contributed by atoms with van der Waals surface area (Å²) >= 11 is 0. The van der Waals surface area contributed by atoms with Crippen LogP contribution in [0.1, 0.15) is 36.1 Å². The zero-order valence-corrected chi connectivity index (χ0v) is 14.8. The number of aliphatic hydroxyl groups excluding tert-OH is 2. The molecule has 3 rings (SSSR count). The van der Waals surface area contributed by atoms with Crippen molar-refractivity contribution < 1.29 is 19.7 Å². The summed E-state index contributed by atoms with van der Waals surface area (Å²) in [6, 6.07) is 14.4. The average Bonchev–Trinajstić information content (AvgIpc) is 2.99. The molecule has 0 bridgehead atoms. The van der Waals surface area contributed by atoms with E-state index in [0.29, 0.717) is 17.1 Å². The van der Waals surface area contributed by atoms with E-state index in [1.165, 1.54) is 6.92 Å². The first kappa shape index (κ1) is 18.1. The van der Waals surface area contributed by atoms with Crippen LogP contribution >= 0.6 is 0 Å². The number of hydrogen-bond acceptors (Lipinski definition) is 5. The summed E-state index contributed by atoms with van der Waals surface area (Å²) in [7, 11) is 0. The van der Waals surface area contributed by atoms with Crippen LogP contribution in [-0.4, -0.2) is 38.3 Å². The maximum atomic E-state index is 11.3. The highest BCUT2D eigenvalue weighted by Crippen LogP contribution is 2.21. The van der Waals surface area contributed by atoms with Gasteiger partial charge < -0.3 is 19.5 Å². The van der Waals surface area contributed by atoms with Gasteiger partial charge in [-0.3, -0.25) is 4.79 Å². The number of aromatic nitrogens is 2. The lowest BCUT2D eigenvalue weighted by Gasteiger charge is -2.16. The third-order valence-corrected chi connectivity index (χ3v) is 4.15. The number of nitrogens with zero attached hydrogens (tertiary/aromatic N) is 2. The lowest BCUT2D eigenvalue weighted by molar-refractivity contribution is 0.0894. The van der Waals surface area contributed by atoms with Gasteiger partial charge in [0.2, 0.25) is 0 Å². The number of benzene rings is 2. The van der Waals surface area contributed by atoms with Crippen LogP contribution in [0.15, 0.2) is 48.5 Å². The maximum absolute atomic E-state index is 11.3. The quantitative estimate of drug-likeness (QED) is 0.637. The molecule has 6 nitrogen and oxygen atoms in total. The number of ketones is 1. The minimum atomic E-state index is -0.780. The third kappa shape index (κ3) is 3.92. The minimum Gasteiger partial charge on any atom is -0.491 e. The largest absolute Gasteiger partial charge is 0.491 e. The van der Waals surface area contributed by atoms with Crippen molar-refractivity contribution in [2.45, 2.75) is 32.6 Å². The van der Waals surface area contributed by atoms with E-state index in [1.54, 1.807) is 31.2 Å². The van der Waals surface area contributed by atoms with Gasteiger partial charge in [0.1, 0.15) is 30.4 Å². The molecule has 2 N–H and O–H groups in total. The van der Waals surface area contributed by atoms with Crippen molar-refractivity contribution in [2.24, 2.45) is 0 Å². The number of ether oxygens (including phenoxy) is 1. The lowest BCUT2D eigenvalue weighted by Crippen LogP contribution is -2.25. The van der Waals surface area contributed by atoms with Gasteiger partial charge in [-0.2, -0.15) is 0 Å². The van der Waals surface area contributed by atoms with Crippen molar-refractivity contribution in [3.8, 4) is 5.75 Å². The Morgan fingerprint density at radius 1 is 1.15 bits per heavy atom. The smallest absolute Gasteiger partial charge is 0.159 e. The van der Waals surface area contributed by atoms with Gasteiger partial charge in [-0.25, -0.2) is 4.98 Å². The van der Waals surface area contributed by atoms with E-state index in [4.69, 9.17) is 4.74 Å². The Balaban J connectivity index is 1.70. The molecular formula is C20H22N2O4. The lowest BCUT2D eigenvalue weighted by atomic mass is 10.1. The Labute approximate surface area is 151 Å². The molecule has 0 amide bonds. The van der Waals surface area contributed by atoms with Crippen LogP contribution < -0.4 is 4.74 Å². The van der Waals surface area contributed by atoms with E-state index in [0.717, 1.165) is 11.0 Å². The van der Waals surface area contributed by atoms with Crippen LogP contribution in [0.2, 0.25) is 0 Å². The fraction of sp³-hybridized carbons (Fsp3) is 0.300. The highest BCUT2D eigenvalue weighted by molar-refractivity contribution is 5.94. The Morgan fingerprint density at radius 3 is 2.50 bits per heavy atom. The molecule has 2 aromatic carbocycles. The molecule has 136 valence electrons. The zero-order chi connectivity index (χ0) is 18.7. The molecule has 0 unspecified atom stereocenters. The van der Waals surface area contributed by atoms with E-state index in [2.05, 4.69) is 4.98 Å². The number of hydrogen-bond donors (Lipinski definition) is 2. The minimum absolute atomic E-state index is 0.00535. The molecule has 26 heavy (non-hydrogen) atoms. The number of Topliss-reactive ketones (excluding diaryl/α,β-unsaturated/α-hetero) is 1. The molecule has 0 fully saturated rings. The van der Waals surface area contributed by atoms with Gasteiger partial charge in [0, 0.05) is 5.56 Å². The van der Waals surface area contributed by atoms with Gasteiger partial charge in [-0.05, 0) is 50.2 Å². The molecule has 0 spiro atoms. The first-order valence-corrected chi connectivity index (χ1v) is 8.51. The molecule has 3 aromatic rings. The Hall–Kier alpha value is -2.70. The molecule has 2 atom stereocenters. The first-order chi connectivity index (χ1) is 12.5. The average molecular weight is 354 g/mol. The predicted octanol–water partition coefficient (Wildman–Crippen LogP) is 2.73. The Morgan fingerprint density at radius 2 is 1.85 bits per heavy atom. The molecule has 1 heterocycles. The van der Waals surface area contributed by atoms with Crippen LogP contribution in [-0.2, 0) is 6.54 Å². The summed E-state index contributed by atoms with van der Waals surface area (Å²) in [5.41, 5.74) is 2.24. The van der Waals surface area contributed by atoms with Gasteiger partial charge in [-0.15, -0.1) is 0 Å². The maximum Gasteiger partial charge on any atom is 0.159 e. The van der Waals surface area contributed by atoms with Gasteiger partial charge in [0.25, 0.3) is 0 Å². The van der Waals surface area contributed by atoms with Crippen molar-refractivity contribution in [2.75, 3.05) is 6.61 Å². The standard InChI is InChI=1S/C20H22N2O4/c1-13(23)15-7-9-17(10-8-15)26-12-16(25)11-22-19-6-4-3-5-18(19)21-20(22)14(2)24/h3-10,14,16,24-25H,11-12H2,1-2H3/t14-,16+/m0/s1. The van der Waals surface area contributed by atoms with Crippen LogP contribution in [0.4, 0.5) is 0 Å². The normalized spacial score (nSPS) is 13.5. The fourth-order valence-electron chi connectivity index (χ4n) is 2.85. The number of carbonyl (C=O) groups excluding carboxylic acids is 1. The number of imidazole rings is 1. The summed E-state index contributed by atoms with van der Waals surface area (Å²) in [5, 5.41) is 20.4. The number of aliphatic hydroxyl groups is 2. The molecule has 0 aliphatic rings. The highest BCUT2D eigenvalue weighted by atomic mass is 16.5. The van der Waals surface area contributed by atoms with Crippen LogP contribution in [0, 0.1) is 0 Å². The number of carbonyl (C=O) groups is 1. The molecular weight excluding hydrogens is 332 g/mol. The van der Waals surface area contributed by atoms with Crippen molar-refractivity contribution in [1.29, 1.82) is 0 Å². The molecule has 0 saturated heterocycles. The fourth-order valence-corrected chi connectivity index (χ4v) is 2.85. The van der Waals surface area contributed by atoms with Gasteiger partial charge in [-0.1, -0.05) is 12.1 Å². The summed E-state index contributed by atoms with van der Waals surface area (Å²) in [4.78, 5) is 15.7. The van der Waals surface area contributed by atoms with Crippen LogP contribution in [0.25, 0.3) is 11.0 Å². The summed E-state index contributed by atoms with van der Waals surface area (Å²) < 4.78 is 7.42. The molecule has 0 radical (unpaired) electrons. The van der Waals surface area contributed by atoms with Crippen LogP contribution in [0.5, 0.6) is 5.75 Å². The monoisotopic (exact) mass is 354 g/mol. The number of fused-ring (bicyclic) bond motifs is 1. The SMILES string of the molecule is CC(=O)c1ccc(OC[C@H](O)Cn2c([C@H](C)O)nc3ccccc32)cc1. The Kier molecular flexibility index (Phi) is 5.35. The molecule has 6 heteroatoms. The van der Waals surface area contributed by atoms with Gasteiger partial charge in [0.15, 0.2) is 5.78 Å². The predicted molar refractivity (Wildman–Crippen MR) is 98.3 cm³/mol. The summed E-state index contributed by atoms with van der Waals surface area (Å²) in [5.74, 6) is 1.09. The molecule has 0 aliphatic carbocycles. The van der Waals surface area contributed by atoms with Crippen molar-refractivity contribution >= 4 is 16.8 Å². The van der Waals surface area contributed by atoms with Crippen molar-refractivity contribution in [3.05, 3.63) is 59.9 Å². The van der Waals surface area contributed by atoms with Crippen molar-refractivity contribution in [1.82, 2.24) is 9.55 Å². The number of para-hydroxylation sites is 2. The number of rotatable bonds is 7. The summed E-state index contributed by atoms with van der Waals surface area (Å²) in [6.45, 7) is 3.50. The second-order valence-electron chi connectivity index (χ2n) is 6.29. The summed E-state index contributed by atoms with van der Waals surface area (Å²) in [6.07, 6.45) is -1.52. The highest BCUT2D eigenvalue weighted by Gasteiger charge is 2.17. The van der Waals surface area contributed by atoms with E-state index < -0.39 is 12.2 Å².